The van der Waals surface area contributed by atoms with Crippen LogP contribution in [0.5, 0.6) is 0 Å². The van der Waals surface area contributed by atoms with Crippen LogP contribution < -0.4 is 5.32 Å². The zero-order chi connectivity index (χ0) is 15.9. The summed E-state index contributed by atoms with van der Waals surface area (Å²) in [6.07, 6.45) is 1.67. The summed E-state index contributed by atoms with van der Waals surface area (Å²) >= 11 is 0. The lowest BCUT2D eigenvalue weighted by molar-refractivity contribution is 0.451. The maximum Gasteiger partial charge on any atom is 0.178 e. The molecule has 1 atom stereocenters. The van der Waals surface area contributed by atoms with Crippen LogP contribution in [0.3, 0.4) is 0 Å². The molecule has 0 amide bonds. The quantitative estimate of drug-likeness (QED) is 0.900. The summed E-state index contributed by atoms with van der Waals surface area (Å²) in [7, 11) is -6.40. The first-order valence-corrected chi connectivity index (χ1v) is 10.3. The van der Waals surface area contributed by atoms with Crippen molar-refractivity contribution in [1.29, 1.82) is 0 Å². The van der Waals surface area contributed by atoms with Gasteiger partial charge < -0.3 is 5.32 Å². The van der Waals surface area contributed by atoms with Crippen LogP contribution in [-0.4, -0.2) is 40.1 Å². The number of nitrogens with one attached hydrogen (secondary N) is 1. The third kappa shape index (κ3) is 3.30. The van der Waals surface area contributed by atoms with Crippen LogP contribution in [0.2, 0.25) is 0 Å². The molecule has 0 spiro atoms. The molecule has 2 rings (SSSR count). The summed E-state index contributed by atoms with van der Waals surface area (Å²) in [4.78, 5) is 0.353. The highest BCUT2D eigenvalue weighted by atomic mass is 32.2. The minimum atomic E-state index is -3.22. The highest BCUT2D eigenvalue weighted by Gasteiger charge is 2.34. The van der Waals surface area contributed by atoms with E-state index >= 15 is 0 Å². The normalized spacial score (nSPS) is 21.8. The molecule has 118 valence electrons. The molecule has 5 nitrogen and oxygen atoms in total. The Morgan fingerprint density at radius 3 is 2.52 bits per heavy atom. The molecule has 0 aliphatic carbocycles. The van der Waals surface area contributed by atoms with Crippen molar-refractivity contribution < 1.29 is 16.8 Å². The third-order valence-electron chi connectivity index (χ3n) is 4.08. The number of rotatable bonds is 4. The van der Waals surface area contributed by atoms with E-state index in [2.05, 4.69) is 5.32 Å². The number of hydrogen-bond acceptors (Lipinski definition) is 5. The maximum absolute atomic E-state index is 12.1. The van der Waals surface area contributed by atoms with Crippen molar-refractivity contribution in [2.45, 2.75) is 36.0 Å². The van der Waals surface area contributed by atoms with Crippen molar-refractivity contribution in [1.82, 2.24) is 5.32 Å². The van der Waals surface area contributed by atoms with Gasteiger partial charge in [0.2, 0.25) is 0 Å². The summed E-state index contributed by atoms with van der Waals surface area (Å²) < 4.78 is 46.7. The van der Waals surface area contributed by atoms with E-state index in [0.29, 0.717) is 11.3 Å². The van der Waals surface area contributed by atoms with Gasteiger partial charge in [0.1, 0.15) is 0 Å². The Kier molecular flexibility index (Phi) is 4.21. The molecule has 0 aromatic heterocycles. The van der Waals surface area contributed by atoms with E-state index in [4.69, 9.17) is 0 Å². The van der Waals surface area contributed by atoms with Crippen LogP contribution in [0, 0.1) is 0 Å². The van der Waals surface area contributed by atoms with Gasteiger partial charge in [-0.15, -0.1) is 0 Å². The highest BCUT2D eigenvalue weighted by Crippen LogP contribution is 2.32. The SMILES string of the molecule is CC(C)(CNC1CCS(=O)(=O)c2ccccc21)S(C)(=O)=O. The number of hydrogen-bond donors (Lipinski definition) is 1. The predicted octanol–water partition coefficient (Wildman–Crippen LogP) is 1.32. The van der Waals surface area contributed by atoms with Gasteiger partial charge in [-0.1, -0.05) is 18.2 Å². The first-order valence-electron chi connectivity index (χ1n) is 6.79. The van der Waals surface area contributed by atoms with Crippen LogP contribution in [0.25, 0.3) is 0 Å². The van der Waals surface area contributed by atoms with Crippen LogP contribution >= 0.6 is 0 Å². The van der Waals surface area contributed by atoms with Crippen molar-refractivity contribution in [2.75, 3.05) is 18.6 Å². The van der Waals surface area contributed by atoms with Crippen molar-refractivity contribution in [3.63, 3.8) is 0 Å². The van der Waals surface area contributed by atoms with Gasteiger partial charge in [0.25, 0.3) is 0 Å². The Balaban J connectivity index is 2.25. The molecule has 1 heterocycles. The van der Waals surface area contributed by atoms with Crippen LogP contribution in [0.4, 0.5) is 0 Å². The van der Waals surface area contributed by atoms with Gasteiger partial charge in [0.15, 0.2) is 19.7 Å². The second-order valence-electron chi connectivity index (χ2n) is 6.11. The average Bonchev–Trinajstić information content (AvgIpc) is 2.37. The highest BCUT2D eigenvalue weighted by molar-refractivity contribution is 7.92. The monoisotopic (exact) mass is 331 g/mol. The standard InChI is InChI=1S/C14H21NO4S2/c1-14(2,20(3,16)17)10-15-12-8-9-21(18,19)13-7-5-4-6-11(12)13/h4-7,12,15H,8-10H2,1-3H3. The molecule has 21 heavy (non-hydrogen) atoms. The Hall–Kier alpha value is -0.920. The predicted molar refractivity (Wildman–Crippen MR) is 82.8 cm³/mol. The molecule has 1 N–H and O–H groups in total. The molecule has 1 aliphatic heterocycles. The summed E-state index contributed by atoms with van der Waals surface area (Å²) in [6, 6.07) is 6.78. The Labute approximate surface area is 126 Å². The van der Waals surface area contributed by atoms with E-state index in [1.807, 2.05) is 0 Å². The van der Waals surface area contributed by atoms with Gasteiger partial charge >= 0.3 is 0 Å². The molecule has 1 aliphatic rings. The van der Waals surface area contributed by atoms with Crippen LogP contribution in [0.1, 0.15) is 31.9 Å². The van der Waals surface area contributed by atoms with Gasteiger partial charge in [0.05, 0.1) is 15.4 Å². The zero-order valence-corrected chi connectivity index (χ0v) is 14.1. The van der Waals surface area contributed by atoms with Gasteiger partial charge in [-0.2, -0.15) is 0 Å². The topological polar surface area (TPSA) is 80.3 Å². The molecule has 0 radical (unpaired) electrons. The zero-order valence-electron chi connectivity index (χ0n) is 12.5. The molecule has 1 aromatic rings. The van der Waals surface area contributed by atoms with Gasteiger partial charge in [0, 0.05) is 18.8 Å². The maximum atomic E-state index is 12.1. The first kappa shape index (κ1) is 16.5. The summed E-state index contributed by atoms with van der Waals surface area (Å²) in [6.45, 7) is 3.62. The van der Waals surface area contributed by atoms with Crippen molar-refractivity contribution >= 4 is 19.7 Å². The molecule has 0 saturated heterocycles. The van der Waals surface area contributed by atoms with Crippen molar-refractivity contribution in [3.8, 4) is 0 Å². The number of fused-ring (bicyclic) bond motifs is 1. The molecule has 0 saturated carbocycles. The number of sulfone groups is 2. The fraction of sp³-hybridized carbons (Fsp3) is 0.571. The van der Waals surface area contributed by atoms with Gasteiger partial charge in [-0.05, 0) is 31.9 Å². The lowest BCUT2D eigenvalue weighted by Gasteiger charge is -2.30. The Morgan fingerprint density at radius 2 is 1.90 bits per heavy atom. The second kappa shape index (κ2) is 5.37. The molecule has 1 aromatic carbocycles. The second-order valence-corrected chi connectivity index (χ2v) is 10.8. The minimum absolute atomic E-state index is 0.0843. The molecule has 1 unspecified atom stereocenters. The van der Waals surface area contributed by atoms with E-state index in [0.717, 1.165) is 5.56 Å². The first-order chi connectivity index (χ1) is 9.55. The van der Waals surface area contributed by atoms with Crippen LogP contribution in [0.15, 0.2) is 29.2 Å². The van der Waals surface area contributed by atoms with E-state index in [9.17, 15) is 16.8 Å². The Morgan fingerprint density at radius 1 is 1.29 bits per heavy atom. The fourth-order valence-electron chi connectivity index (χ4n) is 2.30. The summed E-state index contributed by atoms with van der Waals surface area (Å²) in [5.74, 6) is 0.0843. The van der Waals surface area contributed by atoms with E-state index < -0.39 is 24.4 Å². The van der Waals surface area contributed by atoms with E-state index in [1.54, 1.807) is 38.1 Å². The van der Waals surface area contributed by atoms with E-state index in [-0.39, 0.29) is 18.3 Å². The third-order valence-corrected chi connectivity index (χ3v) is 8.05. The number of benzene rings is 1. The van der Waals surface area contributed by atoms with Gasteiger partial charge in [-0.25, -0.2) is 16.8 Å². The minimum Gasteiger partial charge on any atom is -0.308 e. The van der Waals surface area contributed by atoms with Crippen molar-refractivity contribution in [2.24, 2.45) is 0 Å². The summed E-state index contributed by atoms with van der Waals surface area (Å²) in [5.41, 5.74) is 0.730. The molecular weight excluding hydrogens is 310 g/mol. The lowest BCUT2D eigenvalue weighted by atomic mass is 10.0. The van der Waals surface area contributed by atoms with E-state index in [1.165, 1.54) is 6.26 Å². The fourth-order valence-corrected chi connectivity index (χ4v) is 4.27. The largest absolute Gasteiger partial charge is 0.308 e. The lowest BCUT2D eigenvalue weighted by Crippen LogP contribution is -2.44. The smallest absolute Gasteiger partial charge is 0.178 e. The van der Waals surface area contributed by atoms with Gasteiger partial charge in [-0.3, -0.25) is 0 Å². The molecule has 0 fully saturated rings. The molecular formula is C14H21NO4S2. The Bertz CT molecular complexity index is 736. The molecule has 0 bridgehead atoms. The van der Waals surface area contributed by atoms with Crippen molar-refractivity contribution in [3.05, 3.63) is 29.8 Å². The summed E-state index contributed by atoms with van der Waals surface area (Å²) in [5, 5.41) is 3.22. The van der Waals surface area contributed by atoms with Crippen LogP contribution in [-0.2, 0) is 19.7 Å². The molecule has 7 heteroatoms. The average molecular weight is 331 g/mol.